The molecule has 1 aliphatic rings. The van der Waals surface area contributed by atoms with Gasteiger partial charge in [-0.1, -0.05) is 39.8 Å². The first-order chi connectivity index (χ1) is 8.54. The monoisotopic (exact) mass is 247 g/mol. The lowest BCUT2D eigenvalue weighted by Gasteiger charge is -2.37. The van der Waals surface area contributed by atoms with Crippen LogP contribution in [0.5, 0.6) is 5.75 Å². The molecular weight excluding hydrogens is 222 g/mol. The molecule has 0 aliphatic heterocycles. The molecule has 2 rings (SSSR count). The van der Waals surface area contributed by atoms with Crippen molar-refractivity contribution in [3.8, 4) is 5.75 Å². The number of hydrogen-bond donors (Lipinski definition) is 1. The summed E-state index contributed by atoms with van der Waals surface area (Å²) in [6.45, 7) is 8.81. The highest BCUT2D eigenvalue weighted by molar-refractivity contribution is 5.29. The predicted molar refractivity (Wildman–Crippen MR) is 76.2 cm³/mol. The summed E-state index contributed by atoms with van der Waals surface area (Å²) in [5.41, 5.74) is 1.37. The molecule has 0 saturated heterocycles. The van der Waals surface area contributed by atoms with Gasteiger partial charge in [-0.25, -0.2) is 0 Å². The second kappa shape index (κ2) is 5.75. The summed E-state index contributed by atoms with van der Waals surface area (Å²) < 4.78 is 5.96. The Balaban J connectivity index is 1.78. The lowest BCUT2D eigenvalue weighted by Crippen LogP contribution is -2.49. The van der Waals surface area contributed by atoms with Crippen LogP contribution in [0.25, 0.3) is 0 Å². The first kappa shape index (κ1) is 13.4. The fourth-order valence-corrected chi connectivity index (χ4v) is 2.39. The molecule has 0 radical (unpaired) electrons. The van der Waals surface area contributed by atoms with Gasteiger partial charge in [0.05, 0.1) is 0 Å². The third-order valence-electron chi connectivity index (χ3n) is 3.51. The van der Waals surface area contributed by atoms with Crippen LogP contribution in [-0.2, 0) is 0 Å². The van der Waals surface area contributed by atoms with Crippen molar-refractivity contribution in [2.75, 3.05) is 0 Å². The average Bonchev–Trinajstić information content (AvgIpc) is 2.26. The molecule has 1 N–H and O–H groups in total. The van der Waals surface area contributed by atoms with Gasteiger partial charge < -0.3 is 10.1 Å². The first-order valence-corrected chi connectivity index (χ1v) is 7.07. The third kappa shape index (κ3) is 3.49. The van der Waals surface area contributed by atoms with E-state index in [1.54, 1.807) is 0 Å². The molecule has 1 aromatic rings. The number of ether oxygens (including phenoxy) is 1. The number of nitrogens with one attached hydrogen (secondary N) is 1. The van der Waals surface area contributed by atoms with Crippen LogP contribution in [0.1, 0.15) is 52.0 Å². The van der Waals surface area contributed by atoms with E-state index in [0.717, 1.165) is 18.6 Å². The first-order valence-electron chi connectivity index (χ1n) is 7.07. The Morgan fingerprint density at radius 1 is 1.06 bits per heavy atom. The second-order valence-electron chi connectivity index (χ2n) is 5.95. The summed E-state index contributed by atoms with van der Waals surface area (Å²) in [6.07, 6.45) is 2.65. The van der Waals surface area contributed by atoms with Crippen LogP contribution < -0.4 is 10.1 Å². The van der Waals surface area contributed by atoms with E-state index in [-0.39, 0.29) is 0 Å². The van der Waals surface area contributed by atoms with Gasteiger partial charge in [-0.15, -0.1) is 0 Å². The van der Waals surface area contributed by atoms with E-state index < -0.39 is 0 Å². The summed E-state index contributed by atoms with van der Waals surface area (Å²) in [4.78, 5) is 0. The molecule has 1 aromatic carbocycles. The van der Waals surface area contributed by atoms with E-state index in [9.17, 15) is 0 Å². The zero-order chi connectivity index (χ0) is 13.1. The Morgan fingerprint density at radius 3 is 2.17 bits per heavy atom. The van der Waals surface area contributed by atoms with Crippen LogP contribution >= 0.6 is 0 Å². The highest BCUT2D eigenvalue weighted by atomic mass is 16.5. The topological polar surface area (TPSA) is 21.3 Å². The van der Waals surface area contributed by atoms with Gasteiger partial charge in [0.15, 0.2) is 0 Å². The molecule has 2 nitrogen and oxygen atoms in total. The van der Waals surface area contributed by atoms with Crippen molar-refractivity contribution in [1.29, 1.82) is 0 Å². The van der Waals surface area contributed by atoms with Crippen molar-refractivity contribution in [2.24, 2.45) is 0 Å². The molecule has 0 bridgehead atoms. The maximum absolute atomic E-state index is 5.96. The highest BCUT2D eigenvalue weighted by Gasteiger charge is 2.30. The van der Waals surface area contributed by atoms with Crippen molar-refractivity contribution in [2.45, 2.75) is 64.6 Å². The number of benzene rings is 1. The van der Waals surface area contributed by atoms with Gasteiger partial charge in [-0.3, -0.25) is 0 Å². The summed E-state index contributed by atoms with van der Waals surface area (Å²) in [6, 6.07) is 9.74. The third-order valence-corrected chi connectivity index (χ3v) is 3.51. The molecule has 1 fully saturated rings. The van der Waals surface area contributed by atoms with Gasteiger partial charge in [-0.05, 0) is 36.5 Å². The molecule has 100 valence electrons. The number of rotatable bonds is 5. The summed E-state index contributed by atoms with van der Waals surface area (Å²) in [7, 11) is 0. The Bertz CT molecular complexity index is 363. The number of hydrogen-bond acceptors (Lipinski definition) is 2. The summed E-state index contributed by atoms with van der Waals surface area (Å²) in [5, 5.41) is 3.54. The zero-order valence-electron chi connectivity index (χ0n) is 11.9. The maximum atomic E-state index is 5.96. The van der Waals surface area contributed by atoms with Gasteiger partial charge >= 0.3 is 0 Å². The fraction of sp³-hybridized carbons (Fsp3) is 0.625. The molecular formula is C16H25NO. The molecule has 2 heteroatoms. The van der Waals surface area contributed by atoms with Crippen molar-refractivity contribution >= 4 is 0 Å². The SMILES string of the molecule is CC(C)NC1CC(Oc2ccc(C(C)C)cc2)C1. The van der Waals surface area contributed by atoms with Gasteiger partial charge in [0.2, 0.25) is 0 Å². The maximum Gasteiger partial charge on any atom is 0.119 e. The van der Waals surface area contributed by atoms with E-state index in [4.69, 9.17) is 4.74 Å². The van der Waals surface area contributed by atoms with E-state index >= 15 is 0 Å². The Morgan fingerprint density at radius 2 is 1.67 bits per heavy atom. The second-order valence-corrected chi connectivity index (χ2v) is 5.95. The van der Waals surface area contributed by atoms with Crippen molar-refractivity contribution in [1.82, 2.24) is 5.32 Å². The van der Waals surface area contributed by atoms with Crippen LogP contribution in [0.3, 0.4) is 0 Å². The molecule has 18 heavy (non-hydrogen) atoms. The predicted octanol–water partition coefficient (Wildman–Crippen LogP) is 3.72. The Labute approximate surface area is 111 Å². The summed E-state index contributed by atoms with van der Waals surface area (Å²) >= 11 is 0. The van der Waals surface area contributed by atoms with Gasteiger partial charge in [0, 0.05) is 12.1 Å². The standard InChI is InChI=1S/C16H25NO/c1-11(2)13-5-7-15(8-6-13)18-16-9-14(10-16)17-12(3)4/h5-8,11-12,14,16-17H,9-10H2,1-4H3. The van der Waals surface area contributed by atoms with Crippen molar-refractivity contribution in [3.05, 3.63) is 29.8 Å². The van der Waals surface area contributed by atoms with E-state index in [1.807, 2.05) is 0 Å². The lowest BCUT2D eigenvalue weighted by molar-refractivity contribution is 0.0815. The molecule has 0 atom stereocenters. The van der Waals surface area contributed by atoms with E-state index in [1.165, 1.54) is 5.56 Å². The molecule has 0 amide bonds. The van der Waals surface area contributed by atoms with Gasteiger partial charge in [-0.2, -0.15) is 0 Å². The average molecular weight is 247 g/mol. The Hall–Kier alpha value is -1.02. The minimum atomic E-state index is 0.395. The minimum Gasteiger partial charge on any atom is -0.490 e. The zero-order valence-corrected chi connectivity index (χ0v) is 11.9. The van der Waals surface area contributed by atoms with Crippen LogP contribution in [0.2, 0.25) is 0 Å². The van der Waals surface area contributed by atoms with E-state index in [0.29, 0.717) is 24.1 Å². The van der Waals surface area contributed by atoms with Crippen LogP contribution in [0.4, 0.5) is 0 Å². The van der Waals surface area contributed by atoms with Gasteiger partial charge in [0.1, 0.15) is 11.9 Å². The molecule has 1 aliphatic carbocycles. The van der Waals surface area contributed by atoms with Crippen LogP contribution in [0, 0.1) is 0 Å². The largest absolute Gasteiger partial charge is 0.490 e. The van der Waals surface area contributed by atoms with E-state index in [2.05, 4.69) is 57.3 Å². The smallest absolute Gasteiger partial charge is 0.119 e. The quantitative estimate of drug-likeness (QED) is 0.856. The van der Waals surface area contributed by atoms with Crippen LogP contribution in [-0.4, -0.2) is 18.2 Å². The van der Waals surface area contributed by atoms with Crippen molar-refractivity contribution < 1.29 is 4.74 Å². The highest BCUT2D eigenvalue weighted by Crippen LogP contribution is 2.27. The molecule has 0 heterocycles. The van der Waals surface area contributed by atoms with Gasteiger partial charge in [0.25, 0.3) is 0 Å². The molecule has 0 spiro atoms. The molecule has 0 aromatic heterocycles. The molecule has 1 saturated carbocycles. The summed E-state index contributed by atoms with van der Waals surface area (Å²) in [5.74, 6) is 1.59. The lowest BCUT2D eigenvalue weighted by atomic mass is 9.88. The minimum absolute atomic E-state index is 0.395. The van der Waals surface area contributed by atoms with Crippen LogP contribution in [0.15, 0.2) is 24.3 Å². The Kier molecular flexibility index (Phi) is 4.28. The normalized spacial score (nSPS) is 23.2. The molecule has 0 unspecified atom stereocenters. The fourth-order valence-electron chi connectivity index (χ4n) is 2.39. The van der Waals surface area contributed by atoms with Crippen molar-refractivity contribution in [3.63, 3.8) is 0 Å².